The molecule has 0 fully saturated rings. The summed E-state index contributed by atoms with van der Waals surface area (Å²) in [7, 11) is 1.54. The van der Waals surface area contributed by atoms with Crippen molar-refractivity contribution >= 4 is 17.5 Å². The smallest absolute Gasteiger partial charge is 0.349 e. The lowest BCUT2D eigenvalue weighted by Gasteiger charge is -2.11. The topological polar surface area (TPSA) is 82.6 Å². The van der Waals surface area contributed by atoms with Gasteiger partial charge in [0.15, 0.2) is 18.1 Å². The van der Waals surface area contributed by atoms with Gasteiger partial charge in [-0.2, -0.15) is 0 Å². The molecular formula is C20H19N3O4. The summed E-state index contributed by atoms with van der Waals surface area (Å²) in [6, 6.07) is 15.9. The number of rotatable bonds is 7. The second-order valence-electron chi connectivity index (χ2n) is 5.61. The minimum atomic E-state index is -0.518. The van der Waals surface area contributed by atoms with Crippen molar-refractivity contribution in [1.82, 2.24) is 9.97 Å². The molecular weight excluding hydrogens is 346 g/mol. The van der Waals surface area contributed by atoms with Crippen LogP contribution >= 0.6 is 0 Å². The van der Waals surface area contributed by atoms with Crippen LogP contribution in [0.2, 0.25) is 0 Å². The second-order valence-corrected chi connectivity index (χ2v) is 5.61. The van der Waals surface area contributed by atoms with Gasteiger partial charge in [0.05, 0.1) is 7.11 Å². The minimum Gasteiger partial charge on any atom is -0.493 e. The van der Waals surface area contributed by atoms with E-state index in [4.69, 9.17) is 14.2 Å². The molecule has 27 heavy (non-hydrogen) atoms. The van der Waals surface area contributed by atoms with Gasteiger partial charge < -0.3 is 19.5 Å². The van der Waals surface area contributed by atoms with Crippen molar-refractivity contribution in [3.63, 3.8) is 0 Å². The molecule has 0 aliphatic carbocycles. The van der Waals surface area contributed by atoms with E-state index in [-0.39, 0.29) is 6.61 Å². The maximum Gasteiger partial charge on any atom is 0.349 e. The first-order chi connectivity index (χ1) is 13.1. The van der Waals surface area contributed by atoms with Gasteiger partial charge in [-0.15, -0.1) is 0 Å². The lowest BCUT2D eigenvalue weighted by Crippen LogP contribution is -2.18. The molecule has 0 saturated carbocycles. The van der Waals surface area contributed by atoms with Gasteiger partial charge >= 0.3 is 5.97 Å². The Morgan fingerprint density at radius 1 is 1.04 bits per heavy atom. The Labute approximate surface area is 156 Å². The van der Waals surface area contributed by atoms with Crippen molar-refractivity contribution in [2.45, 2.75) is 6.92 Å². The highest BCUT2D eigenvalue weighted by Crippen LogP contribution is 2.26. The number of carbonyl (C=O) groups is 1. The van der Waals surface area contributed by atoms with Crippen LogP contribution < -0.4 is 19.5 Å². The molecule has 7 heteroatoms. The number of para-hydroxylation sites is 2. The average Bonchev–Trinajstić information content (AvgIpc) is 2.67. The van der Waals surface area contributed by atoms with Crippen molar-refractivity contribution in [2.75, 3.05) is 19.0 Å². The van der Waals surface area contributed by atoms with E-state index >= 15 is 0 Å². The zero-order valence-electron chi connectivity index (χ0n) is 15.0. The molecule has 3 rings (SSSR count). The van der Waals surface area contributed by atoms with E-state index in [1.807, 2.05) is 25.1 Å². The fourth-order valence-corrected chi connectivity index (χ4v) is 2.34. The van der Waals surface area contributed by atoms with Gasteiger partial charge in [0.25, 0.3) is 0 Å². The highest BCUT2D eigenvalue weighted by atomic mass is 16.6. The van der Waals surface area contributed by atoms with Crippen molar-refractivity contribution < 1.29 is 19.0 Å². The Hall–Kier alpha value is -3.61. The Bertz CT molecular complexity index is 930. The van der Waals surface area contributed by atoms with Crippen LogP contribution in [0.25, 0.3) is 0 Å². The monoisotopic (exact) mass is 365 g/mol. The lowest BCUT2D eigenvalue weighted by atomic mass is 10.3. The van der Waals surface area contributed by atoms with Crippen molar-refractivity contribution in [3.05, 3.63) is 66.6 Å². The number of nitrogens with zero attached hydrogens (tertiary/aromatic N) is 2. The van der Waals surface area contributed by atoms with Gasteiger partial charge in [0.1, 0.15) is 17.9 Å². The molecule has 0 radical (unpaired) electrons. The van der Waals surface area contributed by atoms with Crippen LogP contribution in [0.3, 0.4) is 0 Å². The maximum absolute atomic E-state index is 12.1. The molecule has 7 nitrogen and oxygen atoms in total. The summed E-state index contributed by atoms with van der Waals surface area (Å²) in [5, 5.41) is 3.14. The Morgan fingerprint density at radius 2 is 1.85 bits per heavy atom. The van der Waals surface area contributed by atoms with Gasteiger partial charge in [-0.25, -0.2) is 14.8 Å². The van der Waals surface area contributed by atoms with E-state index < -0.39 is 5.97 Å². The van der Waals surface area contributed by atoms with Gasteiger partial charge in [0.2, 0.25) is 0 Å². The molecule has 1 heterocycles. The molecule has 0 unspecified atom stereocenters. The number of carbonyl (C=O) groups excluding carboxylic acids is 1. The third kappa shape index (κ3) is 5.18. The van der Waals surface area contributed by atoms with E-state index in [1.54, 1.807) is 36.4 Å². The summed E-state index contributed by atoms with van der Waals surface area (Å²) < 4.78 is 16.0. The van der Waals surface area contributed by atoms with Gasteiger partial charge in [-0.05, 0) is 31.2 Å². The SMILES string of the molecule is COc1ccccc1OCC(=O)Oc1cccc(Nc2cc(C)ncn2)c1. The van der Waals surface area contributed by atoms with Gasteiger partial charge in [-0.1, -0.05) is 18.2 Å². The van der Waals surface area contributed by atoms with Crippen LogP contribution in [0.5, 0.6) is 17.2 Å². The molecule has 1 aromatic heterocycles. The quantitative estimate of drug-likeness (QED) is 0.507. The third-order valence-electron chi connectivity index (χ3n) is 3.56. The molecule has 1 N–H and O–H groups in total. The van der Waals surface area contributed by atoms with E-state index in [2.05, 4.69) is 15.3 Å². The largest absolute Gasteiger partial charge is 0.493 e. The zero-order chi connectivity index (χ0) is 19.1. The molecule has 0 saturated heterocycles. The first-order valence-electron chi connectivity index (χ1n) is 8.26. The predicted octanol–water partition coefficient (Wildman–Crippen LogP) is 3.52. The number of anilines is 2. The van der Waals surface area contributed by atoms with Crippen LogP contribution in [-0.4, -0.2) is 29.7 Å². The number of aryl methyl sites for hydroxylation is 1. The molecule has 0 atom stereocenters. The first-order valence-corrected chi connectivity index (χ1v) is 8.26. The second kappa shape index (κ2) is 8.66. The number of aromatic nitrogens is 2. The Kier molecular flexibility index (Phi) is 5.84. The number of hydrogen-bond acceptors (Lipinski definition) is 7. The fraction of sp³-hybridized carbons (Fsp3) is 0.150. The lowest BCUT2D eigenvalue weighted by molar-refractivity contribution is -0.136. The summed E-state index contributed by atoms with van der Waals surface area (Å²) in [5.41, 5.74) is 1.59. The third-order valence-corrected chi connectivity index (χ3v) is 3.56. The van der Waals surface area contributed by atoms with Crippen LogP contribution in [0, 0.1) is 6.92 Å². The fourth-order valence-electron chi connectivity index (χ4n) is 2.34. The summed E-state index contributed by atoms with van der Waals surface area (Å²) in [6.07, 6.45) is 1.48. The molecule has 0 amide bonds. The van der Waals surface area contributed by atoms with Crippen LogP contribution in [0.15, 0.2) is 60.9 Å². The van der Waals surface area contributed by atoms with Crippen LogP contribution in [0.1, 0.15) is 5.69 Å². The molecule has 2 aromatic carbocycles. The predicted molar refractivity (Wildman–Crippen MR) is 101 cm³/mol. The van der Waals surface area contributed by atoms with E-state index in [0.29, 0.717) is 23.1 Å². The highest BCUT2D eigenvalue weighted by Gasteiger charge is 2.09. The summed E-state index contributed by atoms with van der Waals surface area (Å²) in [5.74, 6) is 1.57. The number of hydrogen-bond donors (Lipinski definition) is 1. The van der Waals surface area contributed by atoms with Crippen molar-refractivity contribution in [3.8, 4) is 17.2 Å². The molecule has 3 aromatic rings. The molecule has 0 spiro atoms. The number of ether oxygens (including phenoxy) is 3. The minimum absolute atomic E-state index is 0.233. The average molecular weight is 365 g/mol. The molecule has 0 aliphatic heterocycles. The normalized spacial score (nSPS) is 10.1. The van der Waals surface area contributed by atoms with Crippen molar-refractivity contribution in [2.24, 2.45) is 0 Å². The highest BCUT2D eigenvalue weighted by molar-refractivity contribution is 5.74. The van der Waals surface area contributed by atoms with Gasteiger partial charge in [-0.3, -0.25) is 0 Å². The summed E-state index contributed by atoms with van der Waals surface area (Å²) >= 11 is 0. The maximum atomic E-state index is 12.1. The van der Waals surface area contributed by atoms with E-state index in [1.165, 1.54) is 13.4 Å². The number of nitrogens with one attached hydrogen (secondary N) is 1. The number of methoxy groups -OCH3 is 1. The summed E-state index contributed by atoms with van der Waals surface area (Å²) in [4.78, 5) is 20.3. The Balaban J connectivity index is 1.59. The Morgan fingerprint density at radius 3 is 2.63 bits per heavy atom. The number of benzene rings is 2. The van der Waals surface area contributed by atoms with Crippen molar-refractivity contribution in [1.29, 1.82) is 0 Å². The van der Waals surface area contributed by atoms with Gasteiger partial charge in [0, 0.05) is 23.5 Å². The molecule has 138 valence electrons. The van der Waals surface area contributed by atoms with E-state index in [9.17, 15) is 4.79 Å². The van der Waals surface area contributed by atoms with E-state index in [0.717, 1.165) is 11.4 Å². The first kappa shape index (κ1) is 18.2. The zero-order valence-corrected chi connectivity index (χ0v) is 15.0. The standard InChI is InChI=1S/C20H19N3O4/c1-14-10-19(22-13-21-14)23-15-6-5-7-16(11-15)27-20(24)12-26-18-9-4-3-8-17(18)25-2/h3-11,13H,12H2,1-2H3,(H,21,22,23). The molecule has 0 bridgehead atoms. The molecule has 0 aliphatic rings. The van der Waals surface area contributed by atoms with Crippen LogP contribution in [-0.2, 0) is 4.79 Å². The van der Waals surface area contributed by atoms with Crippen LogP contribution in [0.4, 0.5) is 11.5 Å². The number of esters is 1. The summed E-state index contributed by atoms with van der Waals surface area (Å²) in [6.45, 7) is 1.65.